The normalized spacial score (nSPS) is 21.8. The number of benzene rings is 3. The summed E-state index contributed by atoms with van der Waals surface area (Å²) in [5, 5.41) is 12.3. The number of aromatic nitrogens is 2. The lowest BCUT2D eigenvalue weighted by atomic mass is 9.99. The predicted molar refractivity (Wildman–Crippen MR) is 150 cm³/mol. The van der Waals surface area contributed by atoms with E-state index in [1.54, 1.807) is 0 Å². The first-order valence-electron chi connectivity index (χ1n) is 13.6. The molecule has 0 bridgehead atoms. The number of hydrogen-bond donors (Lipinski definition) is 2. The molecule has 2 aliphatic heterocycles. The van der Waals surface area contributed by atoms with E-state index in [0.29, 0.717) is 11.2 Å². The van der Waals surface area contributed by atoms with Crippen LogP contribution in [0.3, 0.4) is 0 Å². The van der Waals surface area contributed by atoms with Crippen LogP contribution < -0.4 is 5.32 Å². The van der Waals surface area contributed by atoms with Crippen molar-refractivity contribution >= 4 is 22.6 Å². The van der Waals surface area contributed by atoms with Crippen LogP contribution in [-0.2, 0) is 20.8 Å². The average molecular weight is 541 g/mol. The number of aliphatic hydroxyl groups excluding tert-OH is 1. The minimum atomic E-state index is -0.557. The summed E-state index contributed by atoms with van der Waals surface area (Å²) in [6.07, 6.45) is 1.48. The van der Waals surface area contributed by atoms with Crippen LogP contribution in [0, 0.1) is 0 Å². The Balaban J connectivity index is 1.17. The highest BCUT2D eigenvalue weighted by atomic mass is 16.7. The molecule has 2 saturated heterocycles. The molecule has 1 aromatic heterocycles. The number of nitrogens with one attached hydrogen (secondary N) is 1. The topological polar surface area (TPSA) is 106 Å². The second kappa shape index (κ2) is 12.2. The predicted octanol–water partition coefficient (Wildman–Crippen LogP) is 4.25. The number of anilines is 1. The van der Waals surface area contributed by atoms with Gasteiger partial charge in [-0.15, -0.1) is 0 Å². The van der Waals surface area contributed by atoms with Gasteiger partial charge in [0.1, 0.15) is 5.69 Å². The molecule has 3 heterocycles. The molecule has 206 valence electrons. The summed E-state index contributed by atoms with van der Waals surface area (Å²) in [6.45, 7) is 4.05. The number of hydrogen-bond acceptors (Lipinski definition) is 8. The lowest BCUT2D eigenvalue weighted by Gasteiger charge is -2.39. The number of aliphatic hydroxyl groups is 1. The molecule has 4 aromatic rings. The Hall–Kier alpha value is -3.73. The summed E-state index contributed by atoms with van der Waals surface area (Å²) >= 11 is 0. The molecule has 3 atom stereocenters. The number of rotatable bonds is 7. The molecule has 0 spiro atoms. The zero-order chi connectivity index (χ0) is 27.3. The molecule has 3 aromatic carbocycles. The van der Waals surface area contributed by atoms with E-state index in [2.05, 4.69) is 20.2 Å². The molecular weight excluding hydrogens is 508 g/mol. The summed E-state index contributed by atoms with van der Waals surface area (Å²) in [4.78, 5) is 24.0. The van der Waals surface area contributed by atoms with Gasteiger partial charge in [-0.2, -0.15) is 0 Å². The van der Waals surface area contributed by atoms with Crippen molar-refractivity contribution in [3.8, 4) is 0 Å². The van der Waals surface area contributed by atoms with Crippen molar-refractivity contribution in [3.63, 3.8) is 0 Å². The minimum Gasteiger partial charge on any atom is -0.392 e. The molecular formula is C31H32N4O5. The number of amides is 1. The largest absolute Gasteiger partial charge is 0.392 e. The van der Waals surface area contributed by atoms with Gasteiger partial charge in [-0.05, 0) is 35.4 Å². The number of ether oxygens (including phenoxy) is 3. The van der Waals surface area contributed by atoms with E-state index in [9.17, 15) is 9.90 Å². The van der Waals surface area contributed by atoms with Crippen LogP contribution in [0.5, 0.6) is 0 Å². The summed E-state index contributed by atoms with van der Waals surface area (Å²) in [6, 6.07) is 22.8. The lowest BCUT2D eigenvalue weighted by molar-refractivity contribution is -0.253. The molecule has 6 rings (SSSR count). The van der Waals surface area contributed by atoms with Crippen LogP contribution in [0.25, 0.3) is 11.0 Å². The highest BCUT2D eigenvalue weighted by Gasteiger charge is 2.33. The van der Waals surface area contributed by atoms with Crippen LogP contribution in [0.4, 0.5) is 5.69 Å². The summed E-state index contributed by atoms with van der Waals surface area (Å²) in [7, 11) is 0. The number of fused-ring (bicyclic) bond motifs is 1. The van der Waals surface area contributed by atoms with Gasteiger partial charge in [-0.25, -0.2) is 4.98 Å². The molecule has 0 saturated carbocycles. The SMILES string of the molecule is O=C(Nc1ccc([C@@H]2O[C@H](CN3CCOCC3)C[C@H](c3ccc(CO)cc3)O2)cc1)c1cnc2ccccc2n1. The first-order valence-corrected chi connectivity index (χ1v) is 13.6. The summed E-state index contributed by atoms with van der Waals surface area (Å²) in [5.74, 6) is -0.326. The summed E-state index contributed by atoms with van der Waals surface area (Å²) in [5.41, 5.74) is 5.09. The van der Waals surface area contributed by atoms with Crippen LogP contribution in [0.15, 0.2) is 79.0 Å². The van der Waals surface area contributed by atoms with Gasteiger partial charge in [-0.3, -0.25) is 14.7 Å². The van der Waals surface area contributed by atoms with E-state index in [1.807, 2.05) is 72.8 Å². The number of carbonyl (C=O) groups excluding carboxylic acids is 1. The van der Waals surface area contributed by atoms with E-state index in [1.165, 1.54) is 6.20 Å². The maximum atomic E-state index is 12.8. The molecule has 2 aliphatic rings. The Kier molecular flexibility index (Phi) is 8.08. The molecule has 9 nitrogen and oxygen atoms in total. The Morgan fingerprint density at radius 2 is 1.65 bits per heavy atom. The van der Waals surface area contributed by atoms with Crippen LogP contribution in [0.2, 0.25) is 0 Å². The van der Waals surface area contributed by atoms with Gasteiger partial charge in [0.2, 0.25) is 0 Å². The zero-order valence-electron chi connectivity index (χ0n) is 22.1. The monoisotopic (exact) mass is 540 g/mol. The van der Waals surface area contributed by atoms with E-state index in [0.717, 1.165) is 61.5 Å². The molecule has 0 radical (unpaired) electrons. The Bertz CT molecular complexity index is 1440. The second-order valence-electron chi connectivity index (χ2n) is 10.1. The highest BCUT2D eigenvalue weighted by molar-refractivity contribution is 6.03. The van der Waals surface area contributed by atoms with Crippen molar-refractivity contribution in [2.75, 3.05) is 38.2 Å². The van der Waals surface area contributed by atoms with Gasteiger partial charge in [0.25, 0.3) is 5.91 Å². The standard InChI is InChI=1S/C31H32N4O5/c36-20-21-5-7-22(8-6-21)29-17-25(19-35-13-15-38-16-14-35)39-31(40-29)23-9-11-24(12-10-23)33-30(37)28-18-32-26-3-1-2-4-27(26)34-28/h1-12,18,25,29,31,36H,13-17,19-20H2,(H,33,37)/t25-,29+,31+/m0/s1. The Morgan fingerprint density at radius 3 is 2.40 bits per heavy atom. The third kappa shape index (κ3) is 6.19. The third-order valence-corrected chi connectivity index (χ3v) is 7.30. The van der Waals surface area contributed by atoms with E-state index in [4.69, 9.17) is 14.2 Å². The zero-order valence-corrected chi connectivity index (χ0v) is 22.1. The molecule has 2 fully saturated rings. The smallest absolute Gasteiger partial charge is 0.275 e. The van der Waals surface area contributed by atoms with E-state index >= 15 is 0 Å². The fourth-order valence-corrected chi connectivity index (χ4v) is 5.09. The molecule has 0 aliphatic carbocycles. The van der Waals surface area contributed by atoms with Gasteiger partial charge >= 0.3 is 0 Å². The molecule has 2 N–H and O–H groups in total. The fraction of sp³-hybridized carbons (Fsp3) is 0.323. The van der Waals surface area contributed by atoms with E-state index in [-0.39, 0.29) is 30.4 Å². The van der Waals surface area contributed by atoms with Crippen molar-refractivity contribution < 1.29 is 24.1 Å². The first kappa shape index (κ1) is 26.5. The van der Waals surface area contributed by atoms with Gasteiger partial charge in [0, 0.05) is 37.3 Å². The number of morpholine rings is 1. The van der Waals surface area contributed by atoms with Crippen molar-refractivity contribution in [1.82, 2.24) is 14.9 Å². The molecule has 0 unspecified atom stereocenters. The van der Waals surface area contributed by atoms with Crippen molar-refractivity contribution in [2.24, 2.45) is 0 Å². The van der Waals surface area contributed by atoms with Crippen molar-refractivity contribution in [2.45, 2.75) is 31.5 Å². The van der Waals surface area contributed by atoms with Crippen LogP contribution in [-0.4, -0.2) is 64.8 Å². The van der Waals surface area contributed by atoms with Crippen LogP contribution >= 0.6 is 0 Å². The number of nitrogens with zero attached hydrogens (tertiary/aromatic N) is 3. The van der Waals surface area contributed by atoms with Gasteiger partial charge in [-0.1, -0.05) is 48.5 Å². The number of para-hydroxylation sites is 2. The summed E-state index contributed by atoms with van der Waals surface area (Å²) < 4.78 is 18.4. The maximum absolute atomic E-state index is 12.8. The minimum absolute atomic E-state index is 0.00746. The molecule has 40 heavy (non-hydrogen) atoms. The molecule has 9 heteroatoms. The number of carbonyl (C=O) groups is 1. The second-order valence-corrected chi connectivity index (χ2v) is 10.1. The lowest BCUT2D eigenvalue weighted by Crippen LogP contribution is -2.44. The van der Waals surface area contributed by atoms with Crippen molar-refractivity contribution in [3.05, 3.63) is 101 Å². The highest BCUT2D eigenvalue weighted by Crippen LogP contribution is 2.38. The Labute approximate surface area is 232 Å². The quantitative estimate of drug-likeness (QED) is 0.358. The first-order chi connectivity index (χ1) is 19.6. The van der Waals surface area contributed by atoms with Gasteiger partial charge < -0.3 is 24.6 Å². The van der Waals surface area contributed by atoms with E-state index < -0.39 is 6.29 Å². The third-order valence-electron chi connectivity index (χ3n) is 7.30. The maximum Gasteiger partial charge on any atom is 0.275 e. The molecule has 1 amide bonds. The van der Waals surface area contributed by atoms with Crippen molar-refractivity contribution in [1.29, 1.82) is 0 Å². The van der Waals surface area contributed by atoms with Gasteiger partial charge in [0.15, 0.2) is 6.29 Å². The van der Waals surface area contributed by atoms with Gasteiger partial charge in [0.05, 0.1) is 49.3 Å². The fourth-order valence-electron chi connectivity index (χ4n) is 5.09. The van der Waals surface area contributed by atoms with Crippen LogP contribution in [0.1, 0.15) is 46.0 Å². The average Bonchev–Trinajstić information content (AvgIpc) is 3.01. The Morgan fingerprint density at radius 1 is 0.925 bits per heavy atom.